The van der Waals surface area contributed by atoms with Crippen LogP contribution in [0.5, 0.6) is 0 Å². The van der Waals surface area contributed by atoms with E-state index in [0.717, 1.165) is 32.6 Å². The second-order valence-electron chi connectivity index (χ2n) is 7.08. The second kappa shape index (κ2) is 5.99. The zero-order chi connectivity index (χ0) is 15.7. The van der Waals surface area contributed by atoms with Crippen LogP contribution >= 0.6 is 0 Å². The number of rotatable bonds is 3. The van der Waals surface area contributed by atoms with E-state index in [2.05, 4.69) is 24.0 Å². The summed E-state index contributed by atoms with van der Waals surface area (Å²) in [6.07, 6.45) is 2.50. The summed E-state index contributed by atoms with van der Waals surface area (Å²) in [5.41, 5.74) is 0.0316. The number of aryl methyl sites for hydroxylation is 1. The van der Waals surface area contributed by atoms with Gasteiger partial charge in [-0.2, -0.15) is 4.98 Å². The Bertz CT molecular complexity index is 534. The van der Waals surface area contributed by atoms with Crippen LogP contribution < -0.4 is 0 Å². The van der Waals surface area contributed by atoms with Crippen molar-refractivity contribution in [1.29, 1.82) is 0 Å². The zero-order valence-electron chi connectivity index (χ0n) is 13.7. The van der Waals surface area contributed by atoms with Gasteiger partial charge < -0.3 is 14.2 Å². The highest BCUT2D eigenvalue weighted by Gasteiger charge is 2.51. The fraction of sp³-hybridized carbons (Fsp3) is 0.812. The Morgan fingerprint density at radius 3 is 2.73 bits per heavy atom. The molecule has 0 aliphatic carbocycles. The first-order chi connectivity index (χ1) is 10.5. The molecule has 3 rings (SSSR count). The number of amides is 1. The molecule has 2 aliphatic heterocycles. The van der Waals surface area contributed by atoms with Crippen molar-refractivity contribution >= 4 is 5.91 Å². The molecular formula is C16H25N3O3. The van der Waals surface area contributed by atoms with Crippen molar-refractivity contribution in [2.24, 2.45) is 11.3 Å². The molecular weight excluding hydrogens is 282 g/mol. The van der Waals surface area contributed by atoms with E-state index in [9.17, 15) is 4.79 Å². The lowest BCUT2D eigenvalue weighted by Gasteiger charge is -2.36. The van der Waals surface area contributed by atoms with Crippen molar-refractivity contribution in [3.8, 4) is 0 Å². The largest absolute Gasteiger partial charge is 0.381 e. The maximum Gasteiger partial charge on any atom is 0.232 e. The lowest BCUT2D eigenvalue weighted by molar-refractivity contribution is -0.131. The third kappa shape index (κ3) is 2.89. The third-order valence-corrected chi connectivity index (χ3v) is 4.91. The normalized spacial score (nSPS) is 24.4. The molecule has 22 heavy (non-hydrogen) atoms. The van der Waals surface area contributed by atoms with Crippen LogP contribution in [-0.2, 0) is 9.53 Å². The summed E-state index contributed by atoms with van der Waals surface area (Å²) in [5, 5.41) is 3.94. The minimum atomic E-state index is 0.0316. The van der Waals surface area contributed by atoms with E-state index in [1.807, 2.05) is 11.8 Å². The molecule has 6 heteroatoms. The van der Waals surface area contributed by atoms with Crippen molar-refractivity contribution in [3.63, 3.8) is 0 Å². The van der Waals surface area contributed by atoms with Crippen molar-refractivity contribution in [1.82, 2.24) is 15.0 Å². The Balaban J connectivity index is 1.84. The molecule has 0 aromatic carbocycles. The topological polar surface area (TPSA) is 68.5 Å². The van der Waals surface area contributed by atoms with Crippen molar-refractivity contribution in [2.45, 2.75) is 46.0 Å². The number of carbonyl (C=O) groups is 1. The first-order valence-electron chi connectivity index (χ1n) is 8.16. The Labute approximate surface area is 131 Å². The summed E-state index contributed by atoms with van der Waals surface area (Å²) in [6, 6.07) is 0. The summed E-state index contributed by atoms with van der Waals surface area (Å²) in [7, 11) is 0. The van der Waals surface area contributed by atoms with Gasteiger partial charge in [0.25, 0.3) is 0 Å². The van der Waals surface area contributed by atoms with Gasteiger partial charge >= 0.3 is 0 Å². The molecule has 1 spiro atoms. The molecule has 122 valence electrons. The molecule has 2 aliphatic rings. The second-order valence-corrected chi connectivity index (χ2v) is 7.08. The van der Waals surface area contributed by atoms with Crippen LogP contribution in [-0.4, -0.2) is 47.3 Å². The van der Waals surface area contributed by atoms with Crippen LogP contribution in [0.25, 0.3) is 0 Å². The van der Waals surface area contributed by atoms with E-state index < -0.39 is 0 Å². The van der Waals surface area contributed by atoms with Gasteiger partial charge in [-0.1, -0.05) is 19.0 Å². The summed E-state index contributed by atoms with van der Waals surface area (Å²) in [6.45, 7) is 8.96. The van der Waals surface area contributed by atoms with E-state index in [0.29, 0.717) is 30.6 Å². The van der Waals surface area contributed by atoms with E-state index >= 15 is 0 Å². The van der Waals surface area contributed by atoms with Gasteiger partial charge in [-0.3, -0.25) is 4.79 Å². The molecule has 0 saturated carbocycles. The van der Waals surface area contributed by atoms with Crippen LogP contribution in [0.15, 0.2) is 4.52 Å². The first-order valence-corrected chi connectivity index (χ1v) is 8.16. The van der Waals surface area contributed by atoms with Gasteiger partial charge in [-0.25, -0.2) is 0 Å². The number of hydrogen-bond acceptors (Lipinski definition) is 5. The highest BCUT2D eigenvalue weighted by Crippen LogP contribution is 2.49. The maximum absolute atomic E-state index is 12.5. The fourth-order valence-electron chi connectivity index (χ4n) is 3.72. The smallest absolute Gasteiger partial charge is 0.232 e. The van der Waals surface area contributed by atoms with Crippen molar-refractivity contribution < 1.29 is 14.1 Å². The van der Waals surface area contributed by atoms with Crippen molar-refractivity contribution in [2.75, 3.05) is 26.3 Å². The first kappa shape index (κ1) is 15.5. The number of carbonyl (C=O) groups excluding carboxylic acids is 1. The Morgan fingerprint density at radius 1 is 1.41 bits per heavy atom. The molecule has 0 N–H and O–H groups in total. The van der Waals surface area contributed by atoms with Crippen LogP contribution in [0.1, 0.15) is 50.7 Å². The molecule has 1 unspecified atom stereocenters. The van der Waals surface area contributed by atoms with E-state index in [1.165, 1.54) is 0 Å². The molecule has 1 amide bonds. The fourth-order valence-corrected chi connectivity index (χ4v) is 3.72. The molecule has 0 bridgehead atoms. The standard InChI is InChI=1S/C16H25N3O3/c1-11(2)8-14(20)19-9-13(15-17-12(3)18-22-15)16(10-19)4-6-21-7-5-16/h11,13H,4-10H2,1-3H3. The Hall–Kier alpha value is -1.43. The summed E-state index contributed by atoms with van der Waals surface area (Å²) in [5.74, 6) is 2.08. The van der Waals surface area contributed by atoms with Gasteiger partial charge in [0.15, 0.2) is 5.82 Å². The number of aromatic nitrogens is 2. The molecule has 0 radical (unpaired) electrons. The molecule has 2 fully saturated rings. The van der Waals surface area contributed by atoms with Gasteiger partial charge in [0.05, 0.1) is 5.92 Å². The van der Waals surface area contributed by atoms with Gasteiger partial charge in [-0.05, 0) is 25.7 Å². The molecule has 1 aromatic rings. The highest BCUT2D eigenvalue weighted by molar-refractivity contribution is 5.77. The van der Waals surface area contributed by atoms with Crippen molar-refractivity contribution in [3.05, 3.63) is 11.7 Å². The van der Waals surface area contributed by atoms with Crippen LogP contribution in [0.3, 0.4) is 0 Å². The minimum absolute atomic E-state index is 0.0316. The molecule has 6 nitrogen and oxygen atoms in total. The van der Waals surface area contributed by atoms with E-state index in [4.69, 9.17) is 9.26 Å². The Morgan fingerprint density at radius 2 is 2.14 bits per heavy atom. The average molecular weight is 307 g/mol. The maximum atomic E-state index is 12.5. The summed E-state index contributed by atoms with van der Waals surface area (Å²) in [4.78, 5) is 18.9. The third-order valence-electron chi connectivity index (χ3n) is 4.91. The Kier molecular flexibility index (Phi) is 4.21. The predicted molar refractivity (Wildman–Crippen MR) is 80.3 cm³/mol. The van der Waals surface area contributed by atoms with Gasteiger partial charge in [0.2, 0.25) is 11.8 Å². The van der Waals surface area contributed by atoms with Gasteiger partial charge in [0.1, 0.15) is 0 Å². The van der Waals surface area contributed by atoms with Crippen LogP contribution in [0, 0.1) is 18.3 Å². The molecule has 1 aromatic heterocycles. The van der Waals surface area contributed by atoms with Gasteiger partial charge in [-0.15, -0.1) is 0 Å². The van der Waals surface area contributed by atoms with Crippen LogP contribution in [0.2, 0.25) is 0 Å². The summed E-state index contributed by atoms with van der Waals surface area (Å²) >= 11 is 0. The number of hydrogen-bond donors (Lipinski definition) is 0. The molecule has 2 saturated heterocycles. The van der Waals surface area contributed by atoms with Gasteiger partial charge in [0, 0.05) is 38.1 Å². The SMILES string of the molecule is Cc1noc(C2CN(C(=O)CC(C)C)CC23CCOCC3)n1. The molecule has 1 atom stereocenters. The lowest BCUT2D eigenvalue weighted by Crippen LogP contribution is -2.37. The monoisotopic (exact) mass is 307 g/mol. The zero-order valence-corrected chi connectivity index (χ0v) is 13.7. The quantitative estimate of drug-likeness (QED) is 0.856. The van der Waals surface area contributed by atoms with Crippen LogP contribution in [0.4, 0.5) is 0 Å². The number of likely N-dealkylation sites (tertiary alicyclic amines) is 1. The molecule has 3 heterocycles. The highest BCUT2D eigenvalue weighted by atomic mass is 16.5. The predicted octanol–water partition coefficient (Wildman–Crippen LogP) is 2.15. The lowest BCUT2D eigenvalue weighted by atomic mass is 9.72. The average Bonchev–Trinajstić information content (AvgIpc) is 3.03. The van der Waals surface area contributed by atoms with E-state index in [-0.39, 0.29) is 17.2 Å². The minimum Gasteiger partial charge on any atom is -0.381 e. The number of ether oxygens (including phenoxy) is 1. The number of nitrogens with zero attached hydrogens (tertiary/aromatic N) is 3. The van der Waals surface area contributed by atoms with E-state index in [1.54, 1.807) is 0 Å². The summed E-state index contributed by atoms with van der Waals surface area (Å²) < 4.78 is 11.0.